The summed E-state index contributed by atoms with van der Waals surface area (Å²) in [7, 11) is -1.78. The molecule has 1 fully saturated rings. The Morgan fingerprint density at radius 3 is 2.46 bits per heavy atom. The predicted octanol–water partition coefficient (Wildman–Crippen LogP) is 2.90. The molecule has 1 N–H and O–H groups in total. The van der Waals surface area contributed by atoms with Crippen molar-refractivity contribution in [2.45, 2.75) is 24.2 Å². The van der Waals surface area contributed by atoms with Gasteiger partial charge in [0.05, 0.1) is 4.90 Å². The fourth-order valence-electron chi connectivity index (χ4n) is 3.26. The Hall–Kier alpha value is -2.22. The van der Waals surface area contributed by atoms with Crippen LogP contribution >= 0.6 is 0 Å². The standard InChI is InChI=1S/C21H26N2O4S/c1-27-15-5-12-22-21(24)19-7-4-6-18(16-19)17-8-10-20(11-9-17)28(25,26)23-13-2-3-14-23/h4,6-11,16H,2-3,5,12-15H2,1H3,(H,22,24). The fourth-order valence-corrected chi connectivity index (χ4v) is 4.77. The van der Waals surface area contributed by atoms with E-state index in [4.69, 9.17) is 4.74 Å². The number of ether oxygens (including phenoxy) is 1. The molecule has 3 rings (SSSR count). The van der Waals surface area contributed by atoms with Gasteiger partial charge in [0, 0.05) is 38.9 Å². The molecule has 0 spiro atoms. The number of hydrogen-bond donors (Lipinski definition) is 1. The second-order valence-electron chi connectivity index (χ2n) is 6.82. The highest BCUT2D eigenvalue weighted by atomic mass is 32.2. The maximum atomic E-state index is 12.6. The van der Waals surface area contributed by atoms with Crippen molar-refractivity contribution in [3.05, 3.63) is 54.1 Å². The minimum Gasteiger partial charge on any atom is -0.385 e. The van der Waals surface area contributed by atoms with Gasteiger partial charge in [-0.15, -0.1) is 0 Å². The molecular formula is C21H26N2O4S. The summed E-state index contributed by atoms with van der Waals surface area (Å²) in [6.45, 7) is 2.34. The van der Waals surface area contributed by atoms with Crippen LogP contribution in [0.15, 0.2) is 53.4 Å². The number of nitrogens with one attached hydrogen (secondary N) is 1. The number of nitrogens with zero attached hydrogens (tertiary/aromatic N) is 1. The first-order valence-electron chi connectivity index (χ1n) is 9.50. The van der Waals surface area contributed by atoms with Crippen molar-refractivity contribution in [3.63, 3.8) is 0 Å². The topological polar surface area (TPSA) is 75.7 Å². The van der Waals surface area contributed by atoms with E-state index in [1.54, 1.807) is 37.4 Å². The Kier molecular flexibility index (Phi) is 6.83. The van der Waals surface area contributed by atoms with Crippen molar-refractivity contribution in [2.75, 3.05) is 33.4 Å². The van der Waals surface area contributed by atoms with Gasteiger partial charge in [-0.2, -0.15) is 4.31 Å². The van der Waals surface area contributed by atoms with Crippen LogP contribution in [0.2, 0.25) is 0 Å². The van der Waals surface area contributed by atoms with Gasteiger partial charge >= 0.3 is 0 Å². The summed E-state index contributed by atoms with van der Waals surface area (Å²) in [4.78, 5) is 12.6. The first-order chi connectivity index (χ1) is 13.5. The second kappa shape index (κ2) is 9.32. The van der Waals surface area contributed by atoms with Crippen molar-refractivity contribution in [1.29, 1.82) is 0 Å². The molecule has 0 saturated carbocycles. The molecule has 1 aliphatic rings. The lowest BCUT2D eigenvalue weighted by atomic mass is 10.0. The molecule has 0 bridgehead atoms. The van der Waals surface area contributed by atoms with Crippen molar-refractivity contribution < 1.29 is 17.9 Å². The maximum absolute atomic E-state index is 12.6. The van der Waals surface area contributed by atoms with E-state index in [0.717, 1.165) is 30.4 Å². The Labute approximate surface area is 166 Å². The molecule has 0 aliphatic carbocycles. The summed E-state index contributed by atoms with van der Waals surface area (Å²) in [5.74, 6) is -0.133. The van der Waals surface area contributed by atoms with Crippen LogP contribution in [0.3, 0.4) is 0 Å². The van der Waals surface area contributed by atoms with Crippen LogP contribution in [0, 0.1) is 0 Å². The third-order valence-corrected chi connectivity index (χ3v) is 6.74. The minimum atomic E-state index is -3.42. The van der Waals surface area contributed by atoms with E-state index in [2.05, 4.69) is 5.32 Å². The molecule has 0 atom stereocenters. The zero-order valence-electron chi connectivity index (χ0n) is 16.1. The molecule has 1 saturated heterocycles. The number of sulfonamides is 1. The number of hydrogen-bond acceptors (Lipinski definition) is 4. The van der Waals surface area contributed by atoms with Gasteiger partial charge in [-0.05, 0) is 54.7 Å². The van der Waals surface area contributed by atoms with Gasteiger partial charge in [0.25, 0.3) is 5.91 Å². The summed E-state index contributed by atoms with van der Waals surface area (Å²) >= 11 is 0. The molecule has 1 aliphatic heterocycles. The van der Waals surface area contributed by atoms with Crippen molar-refractivity contribution >= 4 is 15.9 Å². The van der Waals surface area contributed by atoms with Gasteiger partial charge in [0.2, 0.25) is 10.0 Å². The van der Waals surface area contributed by atoms with Gasteiger partial charge in [-0.25, -0.2) is 8.42 Å². The van der Waals surface area contributed by atoms with Gasteiger partial charge in [-0.1, -0.05) is 24.3 Å². The van der Waals surface area contributed by atoms with Crippen LogP contribution in [0.4, 0.5) is 0 Å². The Bertz CT molecular complexity index is 904. The number of methoxy groups -OCH3 is 1. The minimum absolute atomic E-state index is 0.133. The monoisotopic (exact) mass is 402 g/mol. The average Bonchev–Trinajstić information content (AvgIpc) is 3.27. The van der Waals surface area contributed by atoms with E-state index >= 15 is 0 Å². The van der Waals surface area contributed by atoms with E-state index in [1.807, 2.05) is 18.2 Å². The average molecular weight is 403 g/mol. The molecule has 0 aromatic heterocycles. The lowest BCUT2D eigenvalue weighted by Crippen LogP contribution is -2.27. The molecule has 2 aromatic rings. The second-order valence-corrected chi connectivity index (χ2v) is 8.76. The number of benzene rings is 2. The highest BCUT2D eigenvalue weighted by molar-refractivity contribution is 7.89. The van der Waals surface area contributed by atoms with Crippen LogP contribution in [-0.4, -0.2) is 52.0 Å². The normalized spacial score (nSPS) is 14.9. The first kappa shape index (κ1) is 20.5. The molecule has 150 valence electrons. The van der Waals surface area contributed by atoms with E-state index in [-0.39, 0.29) is 5.91 Å². The Morgan fingerprint density at radius 2 is 1.79 bits per heavy atom. The fraction of sp³-hybridized carbons (Fsp3) is 0.381. The molecule has 7 heteroatoms. The lowest BCUT2D eigenvalue weighted by molar-refractivity contribution is 0.0948. The predicted molar refractivity (Wildman–Crippen MR) is 109 cm³/mol. The molecule has 2 aromatic carbocycles. The highest BCUT2D eigenvalue weighted by Crippen LogP contribution is 2.25. The maximum Gasteiger partial charge on any atom is 0.251 e. The van der Waals surface area contributed by atoms with Crippen LogP contribution in [0.25, 0.3) is 11.1 Å². The molecule has 1 heterocycles. The molecule has 6 nitrogen and oxygen atoms in total. The largest absolute Gasteiger partial charge is 0.385 e. The summed E-state index contributed by atoms with van der Waals surface area (Å²) in [6, 6.07) is 14.2. The zero-order chi connectivity index (χ0) is 20.0. The van der Waals surface area contributed by atoms with E-state index in [1.165, 1.54) is 4.31 Å². The smallest absolute Gasteiger partial charge is 0.251 e. The lowest BCUT2D eigenvalue weighted by Gasteiger charge is -2.15. The van der Waals surface area contributed by atoms with Crippen molar-refractivity contribution in [1.82, 2.24) is 9.62 Å². The molecule has 0 radical (unpaired) electrons. The number of rotatable bonds is 8. The summed E-state index contributed by atoms with van der Waals surface area (Å²) in [5, 5.41) is 2.87. The first-order valence-corrected chi connectivity index (χ1v) is 10.9. The van der Waals surface area contributed by atoms with E-state index in [0.29, 0.717) is 36.7 Å². The van der Waals surface area contributed by atoms with Crippen LogP contribution in [0.1, 0.15) is 29.6 Å². The number of carbonyl (C=O) groups is 1. The van der Waals surface area contributed by atoms with E-state index < -0.39 is 10.0 Å². The summed E-state index contributed by atoms with van der Waals surface area (Å²) < 4.78 is 31.8. The van der Waals surface area contributed by atoms with Crippen molar-refractivity contribution in [3.8, 4) is 11.1 Å². The third-order valence-electron chi connectivity index (χ3n) is 4.83. The number of carbonyl (C=O) groups excluding carboxylic acids is 1. The Morgan fingerprint density at radius 1 is 1.07 bits per heavy atom. The quantitative estimate of drug-likeness (QED) is 0.689. The van der Waals surface area contributed by atoms with Gasteiger partial charge in [0.1, 0.15) is 0 Å². The highest BCUT2D eigenvalue weighted by Gasteiger charge is 2.26. The zero-order valence-corrected chi connectivity index (χ0v) is 16.9. The molecule has 0 unspecified atom stereocenters. The van der Waals surface area contributed by atoms with Gasteiger partial charge < -0.3 is 10.1 Å². The summed E-state index contributed by atoms with van der Waals surface area (Å²) in [6.07, 6.45) is 2.59. The van der Waals surface area contributed by atoms with E-state index in [9.17, 15) is 13.2 Å². The SMILES string of the molecule is COCCCNC(=O)c1cccc(-c2ccc(S(=O)(=O)N3CCCC3)cc2)c1. The van der Waals surface area contributed by atoms with Crippen LogP contribution in [0.5, 0.6) is 0 Å². The third kappa shape index (κ3) is 4.79. The van der Waals surface area contributed by atoms with Crippen LogP contribution in [-0.2, 0) is 14.8 Å². The van der Waals surface area contributed by atoms with Gasteiger partial charge in [-0.3, -0.25) is 4.79 Å². The molecular weight excluding hydrogens is 376 g/mol. The van der Waals surface area contributed by atoms with Crippen LogP contribution < -0.4 is 5.32 Å². The molecule has 28 heavy (non-hydrogen) atoms. The molecule has 1 amide bonds. The summed E-state index contributed by atoms with van der Waals surface area (Å²) in [5.41, 5.74) is 2.31. The van der Waals surface area contributed by atoms with Gasteiger partial charge in [0.15, 0.2) is 0 Å². The number of amides is 1. The van der Waals surface area contributed by atoms with Crippen molar-refractivity contribution in [2.24, 2.45) is 0 Å². The Balaban J connectivity index is 1.72.